The lowest BCUT2D eigenvalue weighted by Crippen LogP contribution is -2.42. The van der Waals surface area contributed by atoms with E-state index < -0.39 is 10.0 Å². The predicted molar refractivity (Wildman–Crippen MR) is 85.2 cm³/mol. The summed E-state index contributed by atoms with van der Waals surface area (Å²) in [5.74, 6) is 0.916. The van der Waals surface area contributed by atoms with Gasteiger partial charge in [0, 0.05) is 19.0 Å². The molecule has 1 aliphatic rings. The molecule has 0 saturated heterocycles. The summed E-state index contributed by atoms with van der Waals surface area (Å²) >= 11 is 0. The molecule has 0 radical (unpaired) electrons. The second-order valence-electron chi connectivity index (χ2n) is 6.47. The SMILES string of the molecule is CCS(=O)(=O)N(C)C1CC(C)(C)Oc2cc(C)c(C)cc21. The first kappa shape index (κ1) is 16.3. The van der Waals surface area contributed by atoms with Crippen LogP contribution in [0.3, 0.4) is 0 Å². The van der Waals surface area contributed by atoms with Gasteiger partial charge in [-0.25, -0.2) is 8.42 Å². The lowest BCUT2D eigenvalue weighted by Gasteiger charge is -2.41. The van der Waals surface area contributed by atoms with Crippen molar-refractivity contribution in [2.45, 2.75) is 52.7 Å². The molecule has 4 nitrogen and oxygen atoms in total. The zero-order chi connectivity index (χ0) is 16.0. The molecule has 0 saturated carbocycles. The molecule has 21 heavy (non-hydrogen) atoms. The highest BCUT2D eigenvalue weighted by molar-refractivity contribution is 7.89. The van der Waals surface area contributed by atoms with Gasteiger partial charge in [0.1, 0.15) is 11.4 Å². The van der Waals surface area contributed by atoms with E-state index in [1.165, 1.54) is 4.31 Å². The van der Waals surface area contributed by atoms with Gasteiger partial charge in [-0.3, -0.25) is 0 Å². The third kappa shape index (κ3) is 3.09. The maximum Gasteiger partial charge on any atom is 0.214 e. The van der Waals surface area contributed by atoms with Crippen molar-refractivity contribution in [2.75, 3.05) is 12.8 Å². The fourth-order valence-corrected chi connectivity index (χ4v) is 3.78. The lowest BCUT2D eigenvalue weighted by molar-refractivity contribution is 0.0540. The van der Waals surface area contributed by atoms with Crippen LogP contribution in [0.1, 0.15) is 49.9 Å². The van der Waals surface area contributed by atoms with Crippen molar-refractivity contribution in [3.63, 3.8) is 0 Å². The fraction of sp³-hybridized carbons (Fsp3) is 0.625. The molecule has 0 fully saturated rings. The Morgan fingerprint density at radius 1 is 1.29 bits per heavy atom. The van der Waals surface area contributed by atoms with Crippen LogP contribution in [-0.4, -0.2) is 31.1 Å². The molecule has 1 aromatic carbocycles. The average molecular weight is 311 g/mol. The molecular weight excluding hydrogens is 286 g/mol. The Kier molecular flexibility index (Phi) is 4.10. The Balaban J connectivity index is 2.56. The van der Waals surface area contributed by atoms with Gasteiger partial charge in [0.2, 0.25) is 10.0 Å². The number of aryl methyl sites for hydroxylation is 2. The summed E-state index contributed by atoms with van der Waals surface area (Å²) in [7, 11) is -1.57. The van der Waals surface area contributed by atoms with Crippen LogP contribution in [0.25, 0.3) is 0 Å². The van der Waals surface area contributed by atoms with Crippen LogP contribution in [0, 0.1) is 13.8 Å². The highest BCUT2D eigenvalue weighted by Crippen LogP contribution is 2.43. The van der Waals surface area contributed by atoms with Crippen LogP contribution in [0.2, 0.25) is 0 Å². The van der Waals surface area contributed by atoms with Crippen LogP contribution < -0.4 is 4.74 Å². The number of benzene rings is 1. The summed E-state index contributed by atoms with van der Waals surface area (Å²) in [6, 6.07) is 3.91. The minimum Gasteiger partial charge on any atom is -0.487 e. The molecule has 0 aromatic heterocycles. The minimum absolute atomic E-state index is 0.113. The number of ether oxygens (including phenoxy) is 1. The molecule has 0 aliphatic carbocycles. The smallest absolute Gasteiger partial charge is 0.214 e. The van der Waals surface area contributed by atoms with Gasteiger partial charge < -0.3 is 4.74 Å². The van der Waals surface area contributed by atoms with E-state index in [0.29, 0.717) is 6.42 Å². The van der Waals surface area contributed by atoms with Crippen molar-refractivity contribution >= 4 is 10.0 Å². The Morgan fingerprint density at radius 2 is 1.86 bits per heavy atom. The van der Waals surface area contributed by atoms with Crippen LogP contribution >= 0.6 is 0 Å². The highest BCUT2D eigenvalue weighted by atomic mass is 32.2. The molecule has 2 rings (SSSR count). The van der Waals surface area contributed by atoms with Crippen molar-refractivity contribution in [3.8, 4) is 5.75 Å². The van der Waals surface area contributed by atoms with Gasteiger partial charge in [-0.2, -0.15) is 4.31 Å². The van der Waals surface area contributed by atoms with Gasteiger partial charge in [0.15, 0.2) is 0 Å². The predicted octanol–water partition coefficient (Wildman–Crippen LogP) is 3.19. The number of fused-ring (bicyclic) bond motifs is 1. The van der Waals surface area contributed by atoms with Crippen LogP contribution in [0.4, 0.5) is 0 Å². The Bertz CT molecular complexity index is 650. The van der Waals surface area contributed by atoms with Gasteiger partial charge >= 0.3 is 0 Å². The Morgan fingerprint density at radius 3 is 2.43 bits per heavy atom. The number of nitrogens with zero attached hydrogens (tertiary/aromatic N) is 1. The number of rotatable bonds is 3. The zero-order valence-electron chi connectivity index (χ0n) is 13.7. The lowest BCUT2D eigenvalue weighted by atomic mass is 9.88. The standard InChI is InChI=1S/C16H25NO3S/c1-7-21(18,19)17(6)14-10-16(4,5)20-15-9-12(3)11(2)8-13(14)15/h8-9,14H,7,10H2,1-6H3. The van der Waals surface area contributed by atoms with Gasteiger partial charge in [0.05, 0.1) is 11.8 Å². The first-order valence-corrected chi connectivity index (χ1v) is 8.94. The van der Waals surface area contributed by atoms with Crippen molar-refractivity contribution in [1.82, 2.24) is 4.31 Å². The van der Waals surface area contributed by atoms with Gasteiger partial charge in [-0.15, -0.1) is 0 Å². The van der Waals surface area contributed by atoms with E-state index >= 15 is 0 Å². The van der Waals surface area contributed by atoms with E-state index in [-0.39, 0.29) is 17.4 Å². The molecule has 1 atom stereocenters. The third-order valence-corrected chi connectivity index (χ3v) is 6.16. The van der Waals surface area contributed by atoms with E-state index in [1.807, 2.05) is 33.8 Å². The maximum atomic E-state index is 12.3. The highest BCUT2D eigenvalue weighted by Gasteiger charge is 2.39. The largest absolute Gasteiger partial charge is 0.487 e. The van der Waals surface area contributed by atoms with Crippen molar-refractivity contribution in [3.05, 3.63) is 28.8 Å². The van der Waals surface area contributed by atoms with E-state index in [0.717, 1.165) is 22.4 Å². The zero-order valence-corrected chi connectivity index (χ0v) is 14.5. The van der Waals surface area contributed by atoms with E-state index in [4.69, 9.17) is 4.74 Å². The molecule has 0 bridgehead atoms. The molecule has 118 valence electrons. The molecule has 0 N–H and O–H groups in total. The first-order valence-electron chi connectivity index (χ1n) is 7.33. The van der Waals surface area contributed by atoms with Crippen molar-refractivity contribution in [2.24, 2.45) is 0 Å². The fourth-order valence-electron chi connectivity index (χ4n) is 2.80. The van der Waals surface area contributed by atoms with E-state index in [9.17, 15) is 8.42 Å². The summed E-state index contributed by atoms with van der Waals surface area (Å²) in [5.41, 5.74) is 2.91. The normalized spacial score (nSPS) is 21.0. The first-order chi connectivity index (χ1) is 9.57. The molecular formula is C16H25NO3S. The summed E-state index contributed by atoms with van der Waals surface area (Å²) < 4.78 is 32.1. The van der Waals surface area contributed by atoms with E-state index in [1.54, 1.807) is 14.0 Å². The van der Waals surface area contributed by atoms with Crippen molar-refractivity contribution < 1.29 is 13.2 Å². The number of hydrogen-bond donors (Lipinski definition) is 0. The summed E-state index contributed by atoms with van der Waals surface area (Å²) in [4.78, 5) is 0. The van der Waals surface area contributed by atoms with Crippen LogP contribution in [0.5, 0.6) is 5.75 Å². The molecule has 0 amide bonds. The average Bonchev–Trinajstić information content (AvgIpc) is 2.38. The van der Waals surface area contributed by atoms with Crippen LogP contribution in [0.15, 0.2) is 12.1 Å². The molecule has 1 aromatic rings. The topological polar surface area (TPSA) is 46.6 Å². The maximum absolute atomic E-state index is 12.3. The van der Waals surface area contributed by atoms with Gasteiger partial charge in [-0.1, -0.05) is 6.07 Å². The number of hydrogen-bond acceptors (Lipinski definition) is 3. The summed E-state index contributed by atoms with van der Waals surface area (Å²) in [6.07, 6.45) is 0.651. The number of sulfonamides is 1. The van der Waals surface area contributed by atoms with E-state index in [2.05, 4.69) is 6.07 Å². The molecule has 1 heterocycles. The van der Waals surface area contributed by atoms with Crippen LogP contribution in [-0.2, 0) is 10.0 Å². The second-order valence-corrected chi connectivity index (χ2v) is 8.79. The minimum atomic E-state index is -3.24. The quantitative estimate of drug-likeness (QED) is 0.861. The summed E-state index contributed by atoms with van der Waals surface area (Å²) in [5, 5.41) is 0. The van der Waals surface area contributed by atoms with Crippen molar-refractivity contribution in [1.29, 1.82) is 0 Å². The van der Waals surface area contributed by atoms with Gasteiger partial charge in [0.25, 0.3) is 0 Å². The second kappa shape index (κ2) is 5.29. The monoisotopic (exact) mass is 311 g/mol. The van der Waals surface area contributed by atoms with Gasteiger partial charge in [-0.05, 0) is 51.8 Å². The molecule has 1 aliphatic heterocycles. The Hall–Kier alpha value is -1.07. The molecule has 5 heteroatoms. The summed E-state index contributed by atoms with van der Waals surface area (Å²) in [6.45, 7) is 9.77. The Labute approximate surface area is 128 Å². The molecule has 1 unspecified atom stereocenters. The third-order valence-electron chi connectivity index (χ3n) is 4.30. The molecule has 0 spiro atoms.